The molecule has 1 fully saturated rings. The minimum atomic E-state index is -5.22. The maximum Gasteiger partial charge on any atom is 0.573 e. The number of anilines is 1. The third kappa shape index (κ3) is 3.23. The van der Waals surface area contributed by atoms with Crippen LogP contribution in [0.4, 0.5) is 27.6 Å². The van der Waals surface area contributed by atoms with Gasteiger partial charge in [-0.2, -0.15) is 4.39 Å². The second-order valence-corrected chi connectivity index (χ2v) is 6.15. The summed E-state index contributed by atoms with van der Waals surface area (Å²) in [6.07, 6.45) is -5.22. The molecule has 0 radical (unpaired) electrons. The van der Waals surface area contributed by atoms with E-state index in [0.717, 1.165) is 6.07 Å². The first-order valence-electron chi connectivity index (χ1n) is 6.64. The van der Waals surface area contributed by atoms with Crippen molar-refractivity contribution in [1.82, 2.24) is 0 Å². The van der Waals surface area contributed by atoms with Crippen LogP contribution >= 0.6 is 0 Å². The highest BCUT2D eigenvalue weighted by atomic mass is 19.4. The summed E-state index contributed by atoms with van der Waals surface area (Å²) in [4.78, 5) is 0. The van der Waals surface area contributed by atoms with Crippen molar-refractivity contribution >= 4 is 18.3 Å². The highest BCUT2D eigenvalue weighted by Crippen LogP contribution is 2.38. The number of ether oxygens (including phenoxy) is 1. The van der Waals surface area contributed by atoms with Crippen molar-refractivity contribution in [2.24, 2.45) is 0 Å². The van der Waals surface area contributed by atoms with E-state index in [0.29, 0.717) is 0 Å². The molecule has 0 aromatic heterocycles. The SMILES string of the molecule is CC1(C)OB(c2cc(N)c(F)c(F)c2OC(F)(F)F)OC1(C)C. The van der Waals surface area contributed by atoms with Gasteiger partial charge < -0.3 is 19.8 Å². The molecule has 1 heterocycles. The Kier molecular flexibility index (Phi) is 4.05. The van der Waals surface area contributed by atoms with Gasteiger partial charge in [0.1, 0.15) is 0 Å². The van der Waals surface area contributed by atoms with E-state index in [1.54, 1.807) is 27.7 Å². The molecule has 0 bridgehead atoms. The zero-order valence-electron chi connectivity index (χ0n) is 12.8. The molecule has 10 heteroatoms. The molecule has 1 aromatic rings. The summed E-state index contributed by atoms with van der Waals surface area (Å²) in [5.41, 5.74) is 2.35. The first-order valence-corrected chi connectivity index (χ1v) is 6.64. The molecule has 1 aliphatic heterocycles. The highest BCUT2D eigenvalue weighted by Gasteiger charge is 2.53. The van der Waals surface area contributed by atoms with Gasteiger partial charge in [0.2, 0.25) is 5.82 Å². The van der Waals surface area contributed by atoms with Crippen LogP contribution in [0.2, 0.25) is 0 Å². The lowest BCUT2D eigenvalue weighted by molar-refractivity contribution is -0.275. The van der Waals surface area contributed by atoms with Crippen molar-refractivity contribution in [2.45, 2.75) is 45.3 Å². The molecule has 0 atom stereocenters. The first kappa shape index (κ1) is 17.8. The predicted molar refractivity (Wildman–Crippen MR) is 73.2 cm³/mol. The smallest absolute Gasteiger partial charge is 0.403 e. The van der Waals surface area contributed by atoms with Crippen molar-refractivity contribution in [3.63, 3.8) is 0 Å². The number of nitrogens with two attached hydrogens (primary N) is 1. The van der Waals surface area contributed by atoms with E-state index in [2.05, 4.69) is 4.74 Å². The van der Waals surface area contributed by atoms with Gasteiger partial charge in [-0.3, -0.25) is 0 Å². The van der Waals surface area contributed by atoms with Crippen LogP contribution in [0, 0.1) is 11.6 Å². The Hall–Kier alpha value is -1.55. The average molecular weight is 339 g/mol. The van der Waals surface area contributed by atoms with Gasteiger partial charge in [-0.1, -0.05) is 0 Å². The Bertz CT molecular complexity index is 617. The molecule has 0 unspecified atom stereocenters. The third-order valence-electron chi connectivity index (χ3n) is 3.94. The maximum absolute atomic E-state index is 13.9. The summed E-state index contributed by atoms with van der Waals surface area (Å²) in [5.74, 6) is -4.85. The minimum absolute atomic E-state index is 0.475. The number of hydrogen-bond donors (Lipinski definition) is 1. The largest absolute Gasteiger partial charge is 0.573 e. The van der Waals surface area contributed by atoms with Crippen LogP contribution in [0.1, 0.15) is 27.7 Å². The molecule has 0 spiro atoms. The van der Waals surface area contributed by atoms with Crippen molar-refractivity contribution in [3.8, 4) is 5.75 Å². The molecule has 1 aromatic carbocycles. The van der Waals surface area contributed by atoms with Crippen LogP contribution in [0.25, 0.3) is 0 Å². The van der Waals surface area contributed by atoms with E-state index in [9.17, 15) is 22.0 Å². The number of nitrogen functional groups attached to an aromatic ring is 1. The van der Waals surface area contributed by atoms with Crippen LogP contribution in [0.3, 0.4) is 0 Å². The van der Waals surface area contributed by atoms with E-state index in [4.69, 9.17) is 15.0 Å². The Labute approximate surface area is 129 Å². The van der Waals surface area contributed by atoms with E-state index in [-0.39, 0.29) is 0 Å². The van der Waals surface area contributed by atoms with Gasteiger partial charge in [0, 0.05) is 5.46 Å². The first-order chi connectivity index (χ1) is 10.3. The minimum Gasteiger partial charge on any atom is -0.403 e. The van der Waals surface area contributed by atoms with Gasteiger partial charge in [-0.05, 0) is 33.8 Å². The van der Waals surface area contributed by atoms with Crippen LogP contribution in [-0.2, 0) is 9.31 Å². The van der Waals surface area contributed by atoms with Crippen LogP contribution in [-0.4, -0.2) is 24.7 Å². The quantitative estimate of drug-likeness (QED) is 0.511. The van der Waals surface area contributed by atoms with Gasteiger partial charge in [0.05, 0.1) is 16.9 Å². The third-order valence-corrected chi connectivity index (χ3v) is 3.94. The Morgan fingerprint density at radius 2 is 1.52 bits per heavy atom. The summed E-state index contributed by atoms with van der Waals surface area (Å²) in [6.45, 7) is 6.61. The average Bonchev–Trinajstić information content (AvgIpc) is 2.57. The van der Waals surface area contributed by atoms with Crippen molar-refractivity contribution in [3.05, 3.63) is 17.7 Å². The van der Waals surface area contributed by atoms with Gasteiger partial charge in [-0.15, -0.1) is 13.2 Å². The predicted octanol–water partition coefficient (Wildman–Crippen LogP) is 2.74. The summed E-state index contributed by atoms with van der Waals surface area (Å²) in [7, 11) is -1.39. The van der Waals surface area contributed by atoms with Gasteiger partial charge >= 0.3 is 13.5 Å². The monoisotopic (exact) mass is 339 g/mol. The number of benzene rings is 1. The number of halogens is 5. The normalized spacial score (nSPS) is 20.0. The fourth-order valence-electron chi connectivity index (χ4n) is 2.01. The van der Waals surface area contributed by atoms with Crippen molar-refractivity contribution in [2.75, 3.05) is 5.73 Å². The highest BCUT2D eigenvalue weighted by molar-refractivity contribution is 6.63. The molecule has 1 aliphatic rings. The Morgan fingerprint density at radius 1 is 1.04 bits per heavy atom. The molecule has 2 rings (SSSR count). The lowest BCUT2D eigenvalue weighted by atomic mass is 9.78. The van der Waals surface area contributed by atoms with E-state index in [1.807, 2.05) is 0 Å². The summed E-state index contributed by atoms with van der Waals surface area (Å²) >= 11 is 0. The molecule has 2 N–H and O–H groups in total. The molecular formula is C13H15BF5NO3. The van der Waals surface area contributed by atoms with Gasteiger partial charge in [0.15, 0.2) is 11.6 Å². The lowest BCUT2D eigenvalue weighted by Gasteiger charge is -2.32. The van der Waals surface area contributed by atoms with Crippen molar-refractivity contribution < 1.29 is 36.0 Å². The Balaban J connectivity index is 2.55. The molecule has 128 valence electrons. The number of rotatable bonds is 2. The van der Waals surface area contributed by atoms with Crippen LogP contribution in [0.15, 0.2) is 6.07 Å². The molecule has 0 saturated carbocycles. The molecule has 1 saturated heterocycles. The maximum atomic E-state index is 13.9. The zero-order valence-corrected chi connectivity index (χ0v) is 12.8. The van der Waals surface area contributed by atoms with Gasteiger partial charge in [-0.25, -0.2) is 4.39 Å². The number of hydrogen-bond acceptors (Lipinski definition) is 4. The van der Waals surface area contributed by atoms with E-state index >= 15 is 0 Å². The lowest BCUT2D eigenvalue weighted by Crippen LogP contribution is -2.41. The molecular weight excluding hydrogens is 324 g/mol. The second-order valence-electron chi connectivity index (χ2n) is 6.15. The Morgan fingerprint density at radius 3 is 1.96 bits per heavy atom. The van der Waals surface area contributed by atoms with Crippen LogP contribution in [0.5, 0.6) is 5.75 Å². The van der Waals surface area contributed by atoms with Crippen LogP contribution < -0.4 is 15.9 Å². The molecule has 0 amide bonds. The van der Waals surface area contributed by atoms with E-state index in [1.165, 1.54) is 0 Å². The topological polar surface area (TPSA) is 53.7 Å². The summed E-state index contributed by atoms with van der Waals surface area (Å²) in [5, 5.41) is 0. The fraction of sp³-hybridized carbons (Fsp3) is 0.538. The standard InChI is InChI=1S/C13H15BF5NO3/c1-11(2)12(3,4)23-14(22-11)6-5-7(20)8(15)9(16)10(6)21-13(17,18)19/h5H,20H2,1-4H3. The van der Waals surface area contributed by atoms with Gasteiger partial charge in [0.25, 0.3) is 0 Å². The molecule has 0 aliphatic carbocycles. The summed E-state index contributed by atoms with van der Waals surface area (Å²) < 4.78 is 79.6. The second kappa shape index (κ2) is 5.24. The number of alkyl halides is 3. The molecule has 4 nitrogen and oxygen atoms in total. The van der Waals surface area contributed by atoms with E-state index < -0.39 is 53.2 Å². The van der Waals surface area contributed by atoms with Crippen molar-refractivity contribution in [1.29, 1.82) is 0 Å². The summed E-state index contributed by atoms with van der Waals surface area (Å²) in [6, 6.07) is 0.807. The zero-order chi connectivity index (χ0) is 17.8. The fourth-order valence-corrected chi connectivity index (χ4v) is 2.01. The molecule has 23 heavy (non-hydrogen) atoms.